The first kappa shape index (κ1) is 13.1. The summed E-state index contributed by atoms with van der Waals surface area (Å²) in [4.78, 5) is 0. The summed E-state index contributed by atoms with van der Waals surface area (Å²) in [7, 11) is 0. The van der Waals surface area contributed by atoms with Crippen LogP contribution >= 0.6 is 0 Å². The average molecular weight is 270 g/mol. The SMILES string of the molecule is C[C@H](NCc1cccc2c1NCC2)c1ccc(F)cc1. The first-order chi connectivity index (χ1) is 9.74. The molecule has 0 unspecified atom stereocenters. The van der Waals surface area contributed by atoms with Gasteiger partial charge < -0.3 is 10.6 Å². The maximum atomic E-state index is 12.9. The van der Waals surface area contributed by atoms with Gasteiger partial charge in [-0.2, -0.15) is 0 Å². The molecule has 0 spiro atoms. The van der Waals surface area contributed by atoms with Crippen LogP contribution in [0.3, 0.4) is 0 Å². The lowest BCUT2D eigenvalue weighted by Crippen LogP contribution is -2.18. The Labute approximate surface area is 119 Å². The number of benzene rings is 2. The monoisotopic (exact) mass is 270 g/mol. The predicted octanol–water partition coefficient (Wildman–Crippen LogP) is 3.64. The van der Waals surface area contributed by atoms with Crippen molar-refractivity contribution in [1.29, 1.82) is 0 Å². The zero-order valence-corrected chi connectivity index (χ0v) is 11.6. The molecule has 0 aliphatic carbocycles. The van der Waals surface area contributed by atoms with Crippen molar-refractivity contribution in [3.05, 3.63) is 65.0 Å². The maximum absolute atomic E-state index is 12.9. The molecule has 104 valence electrons. The molecule has 0 amide bonds. The number of rotatable bonds is 4. The first-order valence-corrected chi connectivity index (χ1v) is 7.07. The van der Waals surface area contributed by atoms with E-state index >= 15 is 0 Å². The number of halogens is 1. The summed E-state index contributed by atoms with van der Waals surface area (Å²) >= 11 is 0. The lowest BCUT2D eigenvalue weighted by atomic mass is 10.1. The van der Waals surface area contributed by atoms with Gasteiger partial charge in [0.15, 0.2) is 0 Å². The number of nitrogens with one attached hydrogen (secondary N) is 2. The third-order valence-electron chi connectivity index (χ3n) is 3.90. The molecule has 1 aliphatic heterocycles. The van der Waals surface area contributed by atoms with Gasteiger partial charge in [0.1, 0.15) is 5.82 Å². The zero-order valence-electron chi connectivity index (χ0n) is 11.6. The van der Waals surface area contributed by atoms with E-state index in [0.29, 0.717) is 0 Å². The van der Waals surface area contributed by atoms with Crippen LogP contribution in [0, 0.1) is 5.82 Å². The van der Waals surface area contributed by atoms with Gasteiger partial charge in [0, 0.05) is 24.8 Å². The van der Waals surface area contributed by atoms with Crippen molar-refractivity contribution < 1.29 is 4.39 Å². The normalized spacial score (nSPS) is 14.7. The first-order valence-electron chi connectivity index (χ1n) is 7.07. The molecule has 20 heavy (non-hydrogen) atoms. The van der Waals surface area contributed by atoms with Crippen LogP contribution in [0.25, 0.3) is 0 Å². The zero-order chi connectivity index (χ0) is 13.9. The van der Waals surface area contributed by atoms with Gasteiger partial charge in [-0.1, -0.05) is 30.3 Å². The van der Waals surface area contributed by atoms with Crippen molar-refractivity contribution >= 4 is 5.69 Å². The highest BCUT2D eigenvalue weighted by atomic mass is 19.1. The number of hydrogen-bond acceptors (Lipinski definition) is 2. The Balaban J connectivity index is 1.68. The molecule has 0 bridgehead atoms. The summed E-state index contributed by atoms with van der Waals surface area (Å²) in [6.07, 6.45) is 1.11. The van der Waals surface area contributed by atoms with Gasteiger partial charge in [-0.05, 0) is 42.2 Å². The molecule has 2 aromatic rings. The van der Waals surface area contributed by atoms with Crippen molar-refractivity contribution in [2.45, 2.75) is 25.9 Å². The molecule has 1 heterocycles. The van der Waals surface area contributed by atoms with Crippen LogP contribution in [-0.4, -0.2) is 6.54 Å². The van der Waals surface area contributed by atoms with Crippen LogP contribution in [0.15, 0.2) is 42.5 Å². The van der Waals surface area contributed by atoms with E-state index < -0.39 is 0 Å². The third kappa shape index (κ3) is 2.68. The van der Waals surface area contributed by atoms with E-state index in [-0.39, 0.29) is 11.9 Å². The third-order valence-corrected chi connectivity index (χ3v) is 3.90. The topological polar surface area (TPSA) is 24.1 Å². The Bertz CT molecular complexity index is 592. The van der Waals surface area contributed by atoms with Crippen LogP contribution < -0.4 is 10.6 Å². The molecule has 0 saturated heterocycles. The molecule has 0 fully saturated rings. The van der Waals surface area contributed by atoms with E-state index in [0.717, 1.165) is 25.1 Å². The van der Waals surface area contributed by atoms with Gasteiger partial charge in [-0.3, -0.25) is 0 Å². The largest absolute Gasteiger partial charge is 0.384 e. The molecule has 0 radical (unpaired) electrons. The smallest absolute Gasteiger partial charge is 0.123 e. The maximum Gasteiger partial charge on any atom is 0.123 e. The molecule has 1 atom stereocenters. The molecular weight excluding hydrogens is 251 g/mol. The Hall–Kier alpha value is -1.87. The highest BCUT2D eigenvalue weighted by molar-refractivity contribution is 5.61. The van der Waals surface area contributed by atoms with Crippen molar-refractivity contribution in [3.8, 4) is 0 Å². The lowest BCUT2D eigenvalue weighted by Gasteiger charge is -2.16. The summed E-state index contributed by atoms with van der Waals surface area (Å²) in [5.74, 6) is -0.189. The van der Waals surface area contributed by atoms with Gasteiger partial charge in [-0.25, -0.2) is 4.39 Å². The number of para-hydroxylation sites is 1. The molecule has 2 N–H and O–H groups in total. The Morgan fingerprint density at radius 3 is 2.80 bits per heavy atom. The van der Waals surface area contributed by atoms with E-state index in [4.69, 9.17) is 0 Å². The van der Waals surface area contributed by atoms with Gasteiger partial charge in [0.2, 0.25) is 0 Å². The summed E-state index contributed by atoms with van der Waals surface area (Å²) in [6, 6.07) is 13.3. The minimum absolute atomic E-state index is 0.189. The molecule has 2 nitrogen and oxygen atoms in total. The highest BCUT2D eigenvalue weighted by Gasteiger charge is 2.14. The molecule has 2 aromatic carbocycles. The Morgan fingerprint density at radius 2 is 2.00 bits per heavy atom. The Kier molecular flexibility index (Phi) is 3.70. The quantitative estimate of drug-likeness (QED) is 0.886. The summed E-state index contributed by atoms with van der Waals surface area (Å²) in [5, 5.41) is 6.95. The number of fused-ring (bicyclic) bond motifs is 1. The fourth-order valence-electron chi connectivity index (χ4n) is 2.69. The molecular formula is C17H19FN2. The Morgan fingerprint density at radius 1 is 1.20 bits per heavy atom. The summed E-state index contributed by atoms with van der Waals surface area (Å²) in [6.45, 7) is 3.94. The van der Waals surface area contributed by atoms with Crippen LogP contribution in [0.1, 0.15) is 29.7 Å². The molecule has 3 rings (SSSR count). The minimum Gasteiger partial charge on any atom is -0.384 e. The van der Waals surface area contributed by atoms with E-state index in [1.54, 1.807) is 0 Å². The molecule has 3 heteroatoms. The van der Waals surface area contributed by atoms with Gasteiger partial charge in [-0.15, -0.1) is 0 Å². The van der Waals surface area contributed by atoms with E-state index in [1.807, 2.05) is 12.1 Å². The van der Waals surface area contributed by atoms with E-state index in [1.165, 1.54) is 28.9 Å². The standard InChI is InChI=1S/C17H19FN2/c1-12(13-5-7-16(18)8-6-13)20-11-15-4-2-3-14-9-10-19-17(14)15/h2-8,12,19-20H,9-11H2,1H3/t12-/m0/s1. The van der Waals surface area contributed by atoms with E-state index in [9.17, 15) is 4.39 Å². The minimum atomic E-state index is -0.189. The van der Waals surface area contributed by atoms with Gasteiger partial charge in [0.25, 0.3) is 0 Å². The molecule has 0 aromatic heterocycles. The fraction of sp³-hybridized carbons (Fsp3) is 0.294. The van der Waals surface area contributed by atoms with Crippen molar-refractivity contribution in [3.63, 3.8) is 0 Å². The lowest BCUT2D eigenvalue weighted by molar-refractivity contribution is 0.571. The van der Waals surface area contributed by atoms with Crippen molar-refractivity contribution in [2.24, 2.45) is 0 Å². The number of hydrogen-bond donors (Lipinski definition) is 2. The van der Waals surface area contributed by atoms with Crippen LogP contribution in [0.2, 0.25) is 0 Å². The van der Waals surface area contributed by atoms with Crippen LogP contribution in [0.4, 0.5) is 10.1 Å². The molecule has 1 aliphatic rings. The van der Waals surface area contributed by atoms with E-state index in [2.05, 4.69) is 35.8 Å². The fourth-order valence-corrected chi connectivity index (χ4v) is 2.69. The highest BCUT2D eigenvalue weighted by Crippen LogP contribution is 2.26. The summed E-state index contributed by atoms with van der Waals surface area (Å²) < 4.78 is 12.9. The average Bonchev–Trinajstić information content (AvgIpc) is 2.94. The number of anilines is 1. The van der Waals surface area contributed by atoms with Crippen LogP contribution in [-0.2, 0) is 13.0 Å². The van der Waals surface area contributed by atoms with Crippen molar-refractivity contribution in [1.82, 2.24) is 5.32 Å². The van der Waals surface area contributed by atoms with Crippen LogP contribution in [0.5, 0.6) is 0 Å². The summed E-state index contributed by atoms with van der Waals surface area (Å²) in [5.41, 5.74) is 5.09. The second kappa shape index (κ2) is 5.63. The predicted molar refractivity (Wildman–Crippen MR) is 80.3 cm³/mol. The second-order valence-corrected chi connectivity index (χ2v) is 5.28. The van der Waals surface area contributed by atoms with Gasteiger partial charge >= 0.3 is 0 Å². The van der Waals surface area contributed by atoms with Crippen molar-refractivity contribution in [2.75, 3.05) is 11.9 Å². The molecule has 0 saturated carbocycles. The second-order valence-electron chi connectivity index (χ2n) is 5.28. The van der Waals surface area contributed by atoms with Gasteiger partial charge in [0.05, 0.1) is 0 Å².